The highest BCUT2D eigenvalue weighted by atomic mass is 16.5. The van der Waals surface area contributed by atoms with Crippen LogP contribution >= 0.6 is 0 Å². The van der Waals surface area contributed by atoms with E-state index in [4.69, 9.17) is 9.47 Å². The number of amides is 2. The van der Waals surface area contributed by atoms with Crippen molar-refractivity contribution in [3.8, 4) is 11.5 Å². The van der Waals surface area contributed by atoms with Crippen molar-refractivity contribution in [2.24, 2.45) is 57.2 Å². The fraction of sp³-hybridized carbons (Fsp3) is 0.652. The lowest BCUT2D eigenvalue weighted by Gasteiger charge is -2.69. The molecule has 53 heavy (non-hydrogen) atoms. The van der Waals surface area contributed by atoms with Crippen molar-refractivity contribution in [3.63, 3.8) is 0 Å². The summed E-state index contributed by atoms with van der Waals surface area (Å²) in [5.74, 6) is 4.43. The molecule has 0 spiro atoms. The third-order valence-electron chi connectivity index (χ3n) is 16.2. The zero-order chi connectivity index (χ0) is 37.9. The summed E-state index contributed by atoms with van der Waals surface area (Å²) in [5, 5.41) is 17.5. The number of carbonyl (C=O) groups excluding carboxylic acids is 2. The highest BCUT2D eigenvalue weighted by Gasteiger charge is 2.68. The number of benzene rings is 2. The summed E-state index contributed by atoms with van der Waals surface area (Å²) in [6.45, 7) is 17.3. The smallest absolute Gasteiger partial charge is 0.251 e. The molecule has 2 aromatic rings. The Morgan fingerprint density at radius 2 is 1.58 bits per heavy atom. The molecule has 2 amide bonds. The third-order valence-corrected chi connectivity index (χ3v) is 16.2. The van der Waals surface area contributed by atoms with E-state index in [1.54, 1.807) is 14.2 Å². The Kier molecular flexibility index (Phi) is 10.1. The minimum absolute atomic E-state index is 0.0454. The van der Waals surface area contributed by atoms with Crippen LogP contribution in [0.1, 0.15) is 120 Å². The van der Waals surface area contributed by atoms with Crippen LogP contribution in [0.3, 0.4) is 0 Å². The number of aliphatic hydroxyl groups is 1. The molecule has 0 aliphatic heterocycles. The molecule has 0 bridgehead atoms. The quantitative estimate of drug-likeness (QED) is 0.225. The van der Waals surface area contributed by atoms with E-state index in [0.29, 0.717) is 65.7 Å². The van der Waals surface area contributed by atoms with Crippen LogP contribution in [0.4, 0.5) is 0 Å². The SMILES string of the molecule is C=C(C)C1CCC2(C(=O)NCc3cccc(C(=O)NCc4ccc(OC)cc4OC)c3)CCC3C(CCC4C3(C)CCC3C(C)(C)C(O)CCC34C)C12. The van der Waals surface area contributed by atoms with Crippen molar-refractivity contribution in [2.75, 3.05) is 14.2 Å². The van der Waals surface area contributed by atoms with Crippen LogP contribution in [0.15, 0.2) is 54.6 Å². The highest BCUT2D eigenvalue weighted by molar-refractivity contribution is 5.94. The molecule has 10 unspecified atom stereocenters. The molecule has 3 N–H and O–H groups in total. The zero-order valence-corrected chi connectivity index (χ0v) is 33.4. The van der Waals surface area contributed by atoms with Gasteiger partial charge in [0.2, 0.25) is 5.91 Å². The lowest BCUT2D eigenvalue weighted by Crippen LogP contribution is -2.64. The van der Waals surface area contributed by atoms with Gasteiger partial charge in [-0.05, 0) is 153 Å². The van der Waals surface area contributed by atoms with E-state index < -0.39 is 0 Å². The first kappa shape index (κ1) is 38.0. The Bertz CT molecular complexity index is 1740. The molecule has 0 heterocycles. The Labute approximate surface area is 318 Å². The van der Waals surface area contributed by atoms with Crippen molar-refractivity contribution in [1.82, 2.24) is 10.6 Å². The molecule has 288 valence electrons. The highest BCUT2D eigenvalue weighted by Crippen LogP contribution is 2.73. The number of ether oxygens (including phenoxy) is 2. The standard InChI is InChI=1S/C46H64N2O5/c1-28(2)33-16-22-46(42(51)48-26-29-10-9-11-30(24-29)41(50)47-27-31-12-13-32(52-7)25-36(31)53-8)23-17-35-34(40(33)46)14-15-38-44(35,5)20-18-37-43(3,4)39(49)19-21-45(37,38)6/h9-13,24-25,33-35,37-40,49H,1,14-23,26-27H2,2-8H3,(H,47,50)(H,48,51). The van der Waals surface area contributed by atoms with E-state index in [9.17, 15) is 14.7 Å². The Morgan fingerprint density at radius 1 is 0.830 bits per heavy atom. The van der Waals surface area contributed by atoms with E-state index in [1.165, 1.54) is 31.3 Å². The second kappa shape index (κ2) is 14.1. The molecule has 5 aliphatic rings. The first-order valence-electron chi connectivity index (χ1n) is 20.4. The van der Waals surface area contributed by atoms with Crippen LogP contribution < -0.4 is 20.1 Å². The van der Waals surface area contributed by atoms with Gasteiger partial charge >= 0.3 is 0 Å². The summed E-state index contributed by atoms with van der Waals surface area (Å²) in [6.07, 6.45) is 10.7. The number of hydrogen-bond donors (Lipinski definition) is 3. The molecule has 7 heteroatoms. The van der Waals surface area contributed by atoms with Gasteiger partial charge in [-0.3, -0.25) is 9.59 Å². The van der Waals surface area contributed by atoms with E-state index in [0.717, 1.165) is 49.7 Å². The molecule has 10 atom stereocenters. The first-order valence-corrected chi connectivity index (χ1v) is 20.4. The maximum Gasteiger partial charge on any atom is 0.251 e. The van der Waals surface area contributed by atoms with Crippen LogP contribution in [0.5, 0.6) is 11.5 Å². The van der Waals surface area contributed by atoms with Crippen LogP contribution in [-0.2, 0) is 17.9 Å². The zero-order valence-electron chi connectivity index (χ0n) is 33.4. The number of nitrogens with one attached hydrogen (secondary N) is 2. The van der Waals surface area contributed by atoms with Gasteiger partial charge in [-0.2, -0.15) is 0 Å². The second-order valence-electron chi connectivity index (χ2n) is 18.8. The maximum atomic E-state index is 14.6. The molecule has 0 radical (unpaired) electrons. The fourth-order valence-electron chi connectivity index (χ4n) is 13.6. The molecular formula is C46H64N2O5. The molecule has 5 saturated carbocycles. The minimum atomic E-state index is -0.377. The number of fused-ring (bicyclic) bond motifs is 7. The van der Waals surface area contributed by atoms with E-state index in [1.807, 2.05) is 42.5 Å². The van der Waals surface area contributed by atoms with Crippen molar-refractivity contribution in [1.29, 1.82) is 0 Å². The topological polar surface area (TPSA) is 96.9 Å². The molecule has 0 aromatic heterocycles. The summed E-state index contributed by atoms with van der Waals surface area (Å²) >= 11 is 0. The third kappa shape index (κ3) is 6.21. The van der Waals surface area contributed by atoms with Gasteiger partial charge in [0.25, 0.3) is 5.91 Å². The van der Waals surface area contributed by atoms with Gasteiger partial charge in [-0.25, -0.2) is 0 Å². The van der Waals surface area contributed by atoms with Gasteiger partial charge in [-0.1, -0.05) is 52.0 Å². The summed E-state index contributed by atoms with van der Waals surface area (Å²) in [6, 6.07) is 13.2. The monoisotopic (exact) mass is 724 g/mol. The average molecular weight is 725 g/mol. The number of methoxy groups -OCH3 is 2. The van der Waals surface area contributed by atoms with Crippen LogP contribution in [-0.4, -0.2) is 37.2 Å². The molecule has 7 rings (SSSR count). The Hall–Kier alpha value is -3.32. The van der Waals surface area contributed by atoms with E-state index in [-0.39, 0.29) is 39.6 Å². The van der Waals surface area contributed by atoms with Crippen molar-refractivity contribution >= 4 is 11.8 Å². The van der Waals surface area contributed by atoms with Crippen LogP contribution in [0.25, 0.3) is 0 Å². The minimum Gasteiger partial charge on any atom is -0.497 e. The largest absolute Gasteiger partial charge is 0.497 e. The molecule has 7 nitrogen and oxygen atoms in total. The fourth-order valence-corrected chi connectivity index (χ4v) is 13.6. The number of carbonyl (C=O) groups is 2. The second-order valence-corrected chi connectivity index (χ2v) is 18.8. The summed E-state index contributed by atoms with van der Waals surface area (Å²) in [4.78, 5) is 27.9. The normalized spacial score (nSPS) is 36.9. The summed E-state index contributed by atoms with van der Waals surface area (Å²) in [5.41, 5.74) is 3.67. The molecular weight excluding hydrogens is 661 g/mol. The molecule has 2 aromatic carbocycles. The molecule has 0 saturated heterocycles. The maximum absolute atomic E-state index is 14.6. The van der Waals surface area contributed by atoms with Gasteiger partial charge in [0.05, 0.1) is 25.7 Å². The van der Waals surface area contributed by atoms with E-state index in [2.05, 4.69) is 51.8 Å². The average Bonchev–Trinajstić information content (AvgIpc) is 3.56. The van der Waals surface area contributed by atoms with E-state index >= 15 is 0 Å². The predicted octanol–water partition coefficient (Wildman–Crippen LogP) is 8.88. The van der Waals surface area contributed by atoms with Crippen LogP contribution in [0.2, 0.25) is 0 Å². The Morgan fingerprint density at radius 3 is 2.32 bits per heavy atom. The van der Waals surface area contributed by atoms with Gasteiger partial charge < -0.3 is 25.2 Å². The summed E-state index contributed by atoms with van der Waals surface area (Å²) < 4.78 is 10.8. The van der Waals surface area contributed by atoms with Gasteiger partial charge in [0.1, 0.15) is 11.5 Å². The number of aliphatic hydroxyl groups excluding tert-OH is 1. The Balaban J connectivity index is 1.06. The molecule has 5 fully saturated rings. The van der Waals surface area contributed by atoms with Gasteiger partial charge in [-0.15, -0.1) is 0 Å². The lowest BCUT2D eigenvalue weighted by atomic mass is 9.36. The van der Waals surface area contributed by atoms with Crippen LogP contribution in [0, 0.1) is 57.2 Å². The predicted molar refractivity (Wildman–Crippen MR) is 209 cm³/mol. The van der Waals surface area contributed by atoms with Gasteiger partial charge in [0, 0.05) is 30.3 Å². The molecule has 5 aliphatic carbocycles. The lowest BCUT2D eigenvalue weighted by molar-refractivity contribution is -0.216. The van der Waals surface area contributed by atoms with Crippen molar-refractivity contribution < 1.29 is 24.2 Å². The number of rotatable bonds is 9. The first-order chi connectivity index (χ1) is 25.2. The summed E-state index contributed by atoms with van der Waals surface area (Å²) in [7, 11) is 3.22. The van der Waals surface area contributed by atoms with Crippen molar-refractivity contribution in [2.45, 2.75) is 118 Å². The number of allylic oxidation sites excluding steroid dienone is 1. The van der Waals surface area contributed by atoms with Crippen molar-refractivity contribution in [3.05, 3.63) is 71.3 Å². The number of hydrogen-bond acceptors (Lipinski definition) is 5. The van der Waals surface area contributed by atoms with Gasteiger partial charge in [0.15, 0.2) is 0 Å².